The second-order valence-electron chi connectivity index (χ2n) is 5.67. The van der Waals surface area contributed by atoms with E-state index in [-0.39, 0.29) is 39.6 Å². The Kier molecular flexibility index (Phi) is 26.9. The molecule has 28 heavy (non-hydrogen) atoms. The van der Waals surface area contributed by atoms with Crippen LogP contribution in [0.4, 0.5) is 0 Å². The van der Waals surface area contributed by atoms with E-state index < -0.39 is 37.6 Å². The largest absolute Gasteiger partial charge is 0.469 e. The molecule has 1 amide bonds. The van der Waals surface area contributed by atoms with Crippen LogP contribution in [-0.4, -0.2) is 94.3 Å². The van der Waals surface area contributed by atoms with Crippen molar-refractivity contribution in [3.63, 3.8) is 0 Å². The van der Waals surface area contributed by atoms with E-state index in [0.29, 0.717) is 25.7 Å². The predicted octanol–water partition coefficient (Wildman–Crippen LogP) is -1.07. The molecule has 0 fully saturated rings. The number of hydrogen-bond donors (Lipinski definition) is 7. The second-order valence-corrected chi connectivity index (χ2v) is 5.67. The van der Waals surface area contributed by atoms with Gasteiger partial charge >= 0.3 is 5.97 Å². The van der Waals surface area contributed by atoms with E-state index in [2.05, 4.69) is 10.1 Å². The van der Waals surface area contributed by atoms with Gasteiger partial charge in [-0.3, -0.25) is 9.59 Å². The quantitative estimate of drug-likeness (QED) is 0.196. The maximum atomic E-state index is 10.7. The summed E-state index contributed by atoms with van der Waals surface area (Å²) in [5.74, 6) is -0.434. The summed E-state index contributed by atoms with van der Waals surface area (Å²) in [6.07, 6.45) is -2.10. The highest BCUT2D eigenvalue weighted by Crippen LogP contribution is 2.05. The number of ether oxygens (including phenoxy) is 1. The lowest BCUT2D eigenvalue weighted by atomic mass is 10.1. The minimum Gasteiger partial charge on any atom is -0.469 e. The maximum Gasteiger partial charge on any atom is 0.305 e. The highest BCUT2D eigenvalue weighted by Gasteiger charge is 2.15. The summed E-state index contributed by atoms with van der Waals surface area (Å²) in [6, 6.07) is 0. The molecule has 4 atom stereocenters. The molecule has 172 valence electrons. The normalized spacial score (nSPS) is 14.0. The summed E-state index contributed by atoms with van der Waals surface area (Å²) in [5.41, 5.74) is 0. The van der Waals surface area contributed by atoms with E-state index in [9.17, 15) is 9.59 Å². The zero-order valence-electron chi connectivity index (χ0n) is 15.4. The molecule has 0 unspecified atom stereocenters. The third kappa shape index (κ3) is 19.5. The Labute approximate surface area is 168 Å². The van der Waals surface area contributed by atoms with Crippen molar-refractivity contribution in [2.45, 2.75) is 77.8 Å². The summed E-state index contributed by atoms with van der Waals surface area (Å²) < 4.78 is 4.39. The lowest BCUT2D eigenvalue weighted by molar-refractivity contribution is -0.140. The first-order valence-corrected chi connectivity index (χ1v) is 8.44. The molecule has 0 aliphatic carbocycles. The van der Waals surface area contributed by atoms with E-state index in [1.807, 2.05) is 0 Å². The molecule has 10 nitrogen and oxygen atoms in total. The molecule has 0 saturated carbocycles. The molecule has 0 aromatic heterocycles. The van der Waals surface area contributed by atoms with Gasteiger partial charge in [-0.05, 0) is 25.7 Å². The monoisotopic (exact) mass is 415 g/mol. The average Bonchev–Trinajstić information content (AvgIpc) is 2.66. The van der Waals surface area contributed by atoms with Crippen LogP contribution in [0, 0.1) is 0 Å². The van der Waals surface area contributed by atoms with E-state index in [4.69, 9.17) is 30.6 Å². The topological polar surface area (TPSA) is 177 Å². The minimum absolute atomic E-state index is 0. The van der Waals surface area contributed by atoms with Crippen LogP contribution in [0.1, 0.15) is 53.4 Å². The Bertz CT molecular complexity index is 335. The number of esters is 1. The molecule has 0 spiro atoms. The van der Waals surface area contributed by atoms with Gasteiger partial charge in [0.1, 0.15) is 12.2 Å². The number of amides is 1. The molecular formula is C18H41NO9. The van der Waals surface area contributed by atoms with Gasteiger partial charge in [-0.2, -0.15) is 0 Å². The summed E-state index contributed by atoms with van der Waals surface area (Å²) in [4.78, 5) is 21.3. The van der Waals surface area contributed by atoms with Crippen LogP contribution in [-0.2, 0) is 14.3 Å². The van der Waals surface area contributed by atoms with Gasteiger partial charge in [0.2, 0.25) is 5.91 Å². The van der Waals surface area contributed by atoms with Gasteiger partial charge in [0.25, 0.3) is 0 Å². The van der Waals surface area contributed by atoms with Crippen molar-refractivity contribution in [2.24, 2.45) is 0 Å². The SMILES string of the molecule is C.C.CNC(=O)CCC[C@H](O)[C@H](O)CO.COC(=O)CCC[C@H](O)[C@H](O)CO. The molecule has 0 radical (unpaired) electrons. The first kappa shape index (κ1) is 34.2. The van der Waals surface area contributed by atoms with Crippen molar-refractivity contribution in [1.29, 1.82) is 0 Å². The number of methoxy groups -OCH3 is 1. The first-order valence-electron chi connectivity index (χ1n) is 8.44. The fourth-order valence-corrected chi connectivity index (χ4v) is 1.78. The molecule has 0 bridgehead atoms. The fraction of sp³-hybridized carbons (Fsp3) is 0.889. The van der Waals surface area contributed by atoms with Crippen LogP contribution < -0.4 is 5.32 Å². The molecule has 0 aromatic rings. The van der Waals surface area contributed by atoms with E-state index in [1.165, 1.54) is 7.11 Å². The number of rotatable bonds is 12. The summed E-state index contributed by atoms with van der Waals surface area (Å²) >= 11 is 0. The molecule has 0 heterocycles. The van der Waals surface area contributed by atoms with Crippen LogP contribution in [0.5, 0.6) is 0 Å². The van der Waals surface area contributed by atoms with E-state index >= 15 is 0 Å². The van der Waals surface area contributed by atoms with Crippen molar-refractivity contribution in [2.75, 3.05) is 27.4 Å². The average molecular weight is 416 g/mol. The smallest absolute Gasteiger partial charge is 0.305 e. The number of carbonyl (C=O) groups excluding carboxylic acids is 2. The van der Waals surface area contributed by atoms with Gasteiger partial charge in [-0.1, -0.05) is 14.9 Å². The van der Waals surface area contributed by atoms with Crippen LogP contribution in [0.15, 0.2) is 0 Å². The second kappa shape index (κ2) is 22.0. The highest BCUT2D eigenvalue weighted by atomic mass is 16.5. The van der Waals surface area contributed by atoms with Gasteiger partial charge in [0, 0.05) is 19.9 Å². The summed E-state index contributed by atoms with van der Waals surface area (Å²) in [7, 11) is 2.84. The maximum absolute atomic E-state index is 10.7. The van der Waals surface area contributed by atoms with Crippen molar-refractivity contribution < 1.29 is 45.0 Å². The first-order chi connectivity index (χ1) is 12.2. The van der Waals surface area contributed by atoms with E-state index in [1.54, 1.807) is 7.05 Å². The summed E-state index contributed by atoms with van der Waals surface area (Å²) in [6.45, 7) is -0.930. The third-order valence-electron chi connectivity index (χ3n) is 3.55. The Balaban J connectivity index is -0.000000192. The third-order valence-corrected chi connectivity index (χ3v) is 3.55. The molecule has 0 aromatic carbocycles. The number of carbonyl (C=O) groups is 2. The standard InChI is InChI=1S/C8H17NO4.C8H16O5.2CH4/c1-9-8(13)4-2-3-6(11)7(12)5-10;1-13-8(12)4-2-3-6(10)7(11)5-9;;/h6-7,10-12H,2-5H2,1H3,(H,9,13);6-7,9-11H,2-5H2,1H3;2*1H4/t2*6-,7+;;/m00../s1. The Hall–Kier alpha value is -1.30. The molecule has 0 saturated heterocycles. The summed E-state index contributed by atoms with van der Waals surface area (Å²) in [5, 5.41) is 55.6. The van der Waals surface area contributed by atoms with Crippen molar-refractivity contribution >= 4 is 11.9 Å². The van der Waals surface area contributed by atoms with Crippen molar-refractivity contribution in [3.8, 4) is 0 Å². The number of aliphatic hydroxyl groups excluding tert-OH is 6. The molecular weight excluding hydrogens is 374 g/mol. The van der Waals surface area contributed by atoms with Crippen molar-refractivity contribution in [1.82, 2.24) is 5.32 Å². The molecule has 7 N–H and O–H groups in total. The van der Waals surface area contributed by atoms with Gasteiger partial charge in [0.15, 0.2) is 0 Å². The van der Waals surface area contributed by atoms with Gasteiger partial charge < -0.3 is 40.7 Å². The van der Waals surface area contributed by atoms with Gasteiger partial charge in [-0.25, -0.2) is 0 Å². The Morgan fingerprint density at radius 1 is 0.821 bits per heavy atom. The lowest BCUT2D eigenvalue weighted by Crippen LogP contribution is -2.29. The lowest BCUT2D eigenvalue weighted by Gasteiger charge is -2.14. The highest BCUT2D eigenvalue weighted by molar-refractivity contribution is 5.75. The van der Waals surface area contributed by atoms with Crippen LogP contribution in [0.25, 0.3) is 0 Å². The zero-order valence-corrected chi connectivity index (χ0v) is 15.4. The molecule has 0 aliphatic rings. The van der Waals surface area contributed by atoms with Crippen LogP contribution >= 0.6 is 0 Å². The van der Waals surface area contributed by atoms with Crippen LogP contribution in [0.2, 0.25) is 0 Å². The Morgan fingerprint density at radius 3 is 1.54 bits per heavy atom. The van der Waals surface area contributed by atoms with Crippen molar-refractivity contribution in [3.05, 3.63) is 0 Å². The van der Waals surface area contributed by atoms with Crippen LogP contribution in [0.3, 0.4) is 0 Å². The zero-order chi connectivity index (χ0) is 20.5. The fourth-order valence-electron chi connectivity index (χ4n) is 1.78. The number of aliphatic hydroxyl groups is 6. The molecule has 0 rings (SSSR count). The molecule has 10 heteroatoms. The van der Waals surface area contributed by atoms with Gasteiger partial charge in [0.05, 0.1) is 32.5 Å². The number of hydrogen-bond acceptors (Lipinski definition) is 9. The number of nitrogens with one attached hydrogen (secondary N) is 1. The van der Waals surface area contributed by atoms with E-state index in [0.717, 1.165) is 0 Å². The molecule has 0 aliphatic heterocycles. The predicted molar refractivity (Wildman–Crippen MR) is 105 cm³/mol. The Morgan fingerprint density at radius 2 is 1.21 bits per heavy atom. The minimum atomic E-state index is -1.13. The van der Waals surface area contributed by atoms with Gasteiger partial charge in [-0.15, -0.1) is 0 Å².